The summed E-state index contributed by atoms with van der Waals surface area (Å²) < 4.78 is 51.6. The predicted octanol–water partition coefficient (Wildman–Crippen LogP) is 4.46. The lowest BCUT2D eigenvalue weighted by atomic mass is 10.1. The lowest BCUT2D eigenvalue weighted by Crippen LogP contribution is -2.12. The minimum atomic E-state index is -4.41. The van der Waals surface area contributed by atoms with Crippen LogP contribution in [-0.2, 0) is 12.7 Å². The SMILES string of the molecule is Fc1ccccc1NCc1ccccc1C(F)(F)F. The number of para-hydroxylation sites is 1. The second-order valence-electron chi connectivity index (χ2n) is 3.99. The topological polar surface area (TPSA) is 12.0 Å². The first-order valence-corrected chi connectivity index (χ1v) is 5.62. The smallest absolute Gasteiger partial charge is 0.379 e. The molecular formula is C14H11F4N. The average Bonchev–Trinajstić information content (AvgIpc) is 2.37. The molecule has 0 unspecified atom stereocenters. The van der Waals surface area contributed by atoms with Gasteiger partial charge in [0.25, 0.3) is 0 Å². The van der Waals surface area contributed by atoms with Gasteiger partial charge in [0.05, 0.1) is 11.3 Å². The molecule has 0 spiro atoms. The van der Waals surface area contributed by atoms with Crippen molar-refractivity contribution >= 4 is 5.69 Å². The van der Waals surface area contributed by atoms with E-state index in [4.69, 9.17) is 0 Å². The molecule has 0 heterocycles. The van der Waals surface area contributed by atoms with Gasteiger partial charge >= 0.3 is 6.18 Å². The predicted molar refractivity (Wildman–Crippen MR) is 65.2 cm³/mol. The summed E-state index contributed by atoms with van der Waals surface area (Å²) in [6, 6.07) is 11.1. The molecule has 100 valence electrons. The fourth-order valence-electron chi connectivity index (χ4n) is 1.75. The molecular weight excluding hydrogens is 258 g/mol. The Morgan fingerprint density at radius 2 is 1.53 bits per heavy atom. The standard InChI is InChI=1S/C14H11F4N/c15-12-7-3-4-8-13(12)19-9-10-5-1-2-6-11(10)14(16,17)18/h1-8,19H,9H2. The van der Waals surface area contributed by atoms with Gasteiger partial charge in [0.2, 0.25) is 0 Å². The molecule has 1 N–H and O–H groups in total. The van der Waals surface area contributed by atoms with E-state index in [2.05, 4.69) is 5.32 Å². The first-order valence-electron chi connectivity index (χ1n) is 5.62. The number of hydrogen-bond acceptors (Lipinski definition) is 1. The average molecular weight is 269 g/mol. The second-order valence-corrected chi connectivity index (χ2v) is 3.99. The molecule has 0 fully saturated rings. The van der Waals surface area contributed by atoms with Gasteiger partial charge in [-0.1, -0.05) is 30.3 Å². The molecule has 0 aliphatic heterocycles. The van der Waals surface area contributed by atoms with E-state index in [1.54, 1.807) is 6.07 Å². The van der Waals surface area contributed by atoms with Crippen molar-refractivity contribution in [1.29, 1.82) is 0 Å². The first-order chi connectivity index (χ1) is 8.98. The Bertz CT molecular complexity index is 563. The quantitative estimate of drug-likeness (QED) is 0.811. The summed E-state index contributed by atoms with van der Waals surface area (Å²) in [7, 11) is 0. The summed E-state index contributed by atoms with van der Waals surface area (Å²) in [5, 5.41) is 2.67. The van der Waals surface area contributed by atoms with Crippen LogP contribution >= 0.6 is 0 Å². The molecule has 2 aromatic carbocycles. The molecule has 19 heavy (non-hydrogen) atoms. The van der Waals surface area contributed by atoms with Crippen molar-refractivity contribution in [2.24, 2.45) is 0 Å². The number of alkyl halides is 3. The molecule has 0 bridgehead atoms. The fraction of sp³-hybridized carbons (Fsp3) is 0.143. The van der Waals surface area contributed by atoms with Gasteiger partial charge in [0.15, 0.2) is 0 Å². The number of nitrogens with one attached hydrogen (secondary N) is 1. The summed E-state index contributed by atoms with van der Waals surface area (Å²) in [5.74, 6) is -0.494. The maximum Gasteiger partial charge on any atom is 0.416 e. The summed E-state index contributed by atoms with van der Waals surface area (Å²) in [6.07, 6.45) is -4.41. The van der Waals surface area contributed by atoms with Gasteiger partial charge in [-0.2, -0.15) is 13.2 Å². The van der Waals surface area contributed by atoms with E-state index < -0.39 is 17.6 Å². The van der Waals surface area contributed by atoms with Crippen LogP contribution < -0.4 is 5.32 Å². The number of benzene rings is 2. The summed E-state index contributed by atoms with van der Waals surface area (Å²) in [4.78, 5) is 0. The van der Waals surface area contributed by atoms with Gasteiger partial charge in [-0.3, -0.25) is 0 Å². The zero-order valence-electron chi connectivity index (χ0n) is 9.84. The van der Waals surface area contributed by atoms with Crippen LogP contribution in [0.4, 0.5) is 23.2 Å². The largest absolute Gasteiger partial charge is 0.416 e. The maximum absolute atomic E-state index is 13.3. The molecule has 0 saturated carbocycles. The normalized spacial score (nSPS) is 11.4. The van der Waals surface area contributed by atoms with Gasteiger partial charge in [-0.05, 0) is 23.8 Å². The third-order valence-corrected chi connectivity index (χ3v) is 2.67. The van der Waals surface area contributed by atoms with Crippen molar-refractivity contribution in [3.8, 4) is 0 Å². The molecule has 2 aromatic rings. The van der Waals surface area contributed by atoms with Crippen molar-refractivity contribution in [3.63, 3.8) is 0 Å². The van der Waals surface area contributed by atoms with Crippen LogP contribution in [0.3, 0.4) is 0 Å². The zero-order chi connectivity index (χ0) is 13.9. The number of rotatable bonds is 3. The molecule has 0 aliphatic rings. The minimum Gasteiger partial charge on any atom is -0.379 e. The van der Waals surface area contributed by atoms with Crippen LogP contribution in [0, 0.1) is 5.82 Å². The van der Waals surface area contributed by atoms with Crippen molar-refractivity contribution in [2.45, 2.75) is 12.7 Å². The Hall–Kier alpha value is -2.04. The number of anilines is 1. The third-order valence-electron chi connectivity index (χ3n) is 2.67. The second kappa shape index (κ2) is 5.30. The summed E-state index contributed by atoms with van der Waals surface area (Å²) in [5.41, 5.74) is -0.448. The van der Waals surface area contributed by atoms with Gasteiger partial charge in [-0.25, -0.2) is 4.39 Å². The molecule has 1 nitrogen and oxygen atoms in total. The highest BCUT2D eigenvalue weighted by Gasteiger charge is 2.32. The Morgan fingerprint density at radius 1 is 0.895 bits per heavy atom. The molecule has 2 rings (SSSR count). The van der Waals surface area contributed by atoms with Crippen molar-refractivity contribution in [2.75, 3.05) is 5.32 Å². The Kier molecular flexibility index (Phi) is 3.74. The maximum atomic E-state index is 13.3. The van der Waals surface area contributed by atoms with Crippen molar-refractivity contribution < 1.29 is 17.6 Å². The molecule has 0 saturated heterocycles. The van der Waals surface area contributed by atoms with E-state index in [0.29, 0.717) is 0 Å². The van der Waals surface area contributed by atoms with Crippen LogP contribution in [0.15, 0.2) is 48.5 Å². The molecule has 5 heteroatoms. The van der Waals surface area contributed by atoms with E-state index in [0.717, 1.165) is 6.07 Å². The van der Waals surface area contributed by atoms with E-state index in [1.165, 1.54) is 36.4 Å². The highest BCUT2D eigenvalue weighted by molar-refractivity contribution is 5.45. The Balaban J connectivity index is 2.19. The number of hydrogen-bond donors (Lipinski definition) is 1. The molecule has 0 aliphatic carbocycles. The summed E-state index contributed by atoms with van der Waals surface area (Å²) in [6.45, 7) is -0.0867. The van der Waals surface area contributed by atoms with E-state index in [9.17, 15) is 17.6 Å². The van der Waals surface area contributed by atoms with Crippen LogP contribution in [0.25, 0.3) is 0 Å². The fourth-order valence-corrected chi connectivity index (χ4v) is 1.75. The third kappa shape index (κ3) is 3.24. The van der Waals surface area contributed by atoms with Gasteiger partial charge < -0.3 is 5.32 Å². The lowest BCUT2D eigenvalue weighted by molar-refractivity contribution is -0.138. The van der Waals surface area contributed by atoms with Gasteiger partial charge in [-0.15, -0.1) is 0 Å². The van der Waals surface area contributed by atoms with Gasteiger partial charge in [0.1, 0.15) is 5.82 Å². The summed E-state index contributed by atoms with van der Waals surface area (Å²) >= 11 is 0. The van der Waals surface area contributed by atoms with Crippen LogP contribution in [-0.4, -0.2) is 0 Å². The van der Waals surface area contributed by atoms with E-state index >= 15 is 0 Å². The highest BCUT2D eigenvalue weighted by Crippen LogP contribution is 2.32. The molecule has 0 atom stereocenters. The zero-order valence-corrected chi connectivity index (χ0v) is 9.84. The van der Waals surface area contributed by atoms with Crippen LogP contribution in [0.5, 0.6) is 0 Å². The van der Waals surface area contributed by atoms with E-state index in [1.807, 2.05) is 0 Å². The number of halogens is 4. The molecule has 0 aromatic heterocycles. The Labute approximate surface area is 107 Å². The molecule has 0 amide bonds. The van der Waals surface area contributed by atoms with Crippen LogP contribution in [0.1, 0.15) is 11.1 Å². The Morgan fingerprint density at radius 3 is 2.21 bits per heavy atom. The first kappa shape index (κ1) is 13.4. The van der Waals surface area contributed by atoms with E-state index in [-0.39, 0.29) is 17.8 Å². The van der Waals surface area contributed by atoms with Crippen molar-refractivity contribution in [1.82, 2.24) is 0 Å². The van der Waals surface area contributed by atoms with Gasteiger partial charge in [0, 0.05) is 6.54 Å². The molecule has 0 radical (unpaired) electrons. The van der Waals surface area contributed by atoms with Crippen molar-refractivity contribution in [3.05, 3.63) is 65.5 Å². The van der Waals surface area contributed by atoms with Crippen LogP contribution in [0.2, 0.25) is 0 Å². The monoisotopic (exact) mass is 269 g/mol. The lowest BCUT2D eigenvalue weighted by Gasteiger charge is -2.14. The highest BCUT2D eigenvalue weighted by atomic mass is 19.4. The minimum absolute atomic E-state index is 0.0817.